The molecule has 0 N–H and O–H groups in total. The summed E-state index contributed by atoms with van der Waals surface area (Å²) in [6.45, 7) is 2.41. The van der Waals surface area contributed by atoms with Gasteiger partial charge in [-0.15, -0.1) is 0 Å². The van der Waals surface area contributed by atoms with E-state index >= 15 is 0 Å². The standard InChI is InChI=1S/C19H19IN2O4/c1-3-26-14-7-10(6-13(20)17(14)25-2)9-21-22-18(23)15-11-4-5-12(8-11)16(15)19(22)24/h4-7,9,11-12,15-16H,3,8H2,1-2H3/b21-9-/t11-,12-,15-,16+/m0/s1. The van der Waals surface area contributed by atoms with Gasteiger partial charge in [0.05, 0.1) is 35.3 Å². The number of methoxy groups -OCH3 is 1. The van der Waals surface area contributed by atoms with Gasteiger partial charge < -0.3 is 9.47 Å². The summed E-state index contributed by atoms with van der Waals surface area (Å²) in [7, 11) is 1.59. The molecular weight excluding hydrogens is 447 g/mol. The summed E-state index contributed by atoms with van der Waals surface area (Å²) in [6.07, 6.45) is 6.60. The minimum Gasteiger partial charge on any atom is -0.492 e. The van der Waals surface area contributed by atoms with Crippen LogP contribution in [0.25, 0.3) is 0 Å². The van der Waals surface area contributed by atoms with Gasteiger partial charge in [-0.25, -0.2) is 0 Å². The molecule has 1 saturated heterocycles. The molecule has 3 aliphatic rings. The van der Waals surface area contributed by atoms with E-state index in [-0.39, 0.29) is 35.5 Å². The first kappa shape index (κ1) is 17.5. The Hall–Kier alpha value is -1.90. The molecule has 1 saturated carbocycles. The third-order valence-electron chi connectivity index (χ3n) is 5.31. The zero-order chi connectivity index (χ0) is 18.4. The van der Waals surface area contributed by atoms with Crippen LogP contribution in [0, 0.1) is 27.2 Å². The molecule has 0 aromatic heterocycles. The van der Waals surface area contributed by atoms with E-state index in [0.29, 0.717) is 18.1 Å². The Morgan fingerprint density at radius 2 is 1.88 bits per heavy atom. The Labute approximate surface area is 165 Å². The van der Waals surface area contributed by atoms with Crippen LogP contribution in [-0.4, -0.2) is 36.8 Å². The van der Waals surface area contributed by atoms with Gasteiger partial charge in [0, 0.05) is 0 Å². The lowest BCUT2D eigenvalue weighted by molar-refractivity contribution is -0.140. The fourth-order valence-corrected chi connectivity index (χ4v) is 5.09. The highest BCUT2D eigenvalue weighted by Gasteiger charge is 2.59. The zero-order valence-electron chi connectivity index (χ0n) is 14.5. The highest BCUT2D eigenvalue weighted by atomic mass is 127. The summed E-state index contributed by atoms with van der Waals surface area (Å²) in [5, 5.41) is 5.27. The molecule has 26 heavy (non-hydrogen) atoms. The molecule has 136 valence electrons. The lowest BCUT2D eigenvalue weighted by Gasteiger charge is -2.13. The van der Waals surface area contributed by atoms with E-state index in [0.717, 1.165) is 20.6 Å². The molecule has 2 bridgehead atoms. The van der Waals surface area contributed by atoms with Crippen LogP contribution in [0.5, 0.6) is 11.5 Å². The van der Waals surface area contributed by atoms with E-state index in [1.807, 2.05) is 13.0 Å². The van der Waals surface area contributed by atoms with Gasteiger partial charge in [0.2, 0.25) is 0 Å². The van der Waals surface area contributed by atoms with Gasteiger partial charge in [0.15, 0.2) is 11.5 Å². The second-order valence-corrected chi connectivity index (χ2v) is 7.86. The normalized spacial score (nSPS) is 29.1. The molecule has 1 heterocycles. The van der Waals surface area contributed by atoms with Gasteiger partial charge in [-0.2, -0.15) is 10.1 Å². The first-order valence-corrected chi connectivity index (χ1v) is 9.73. The van der Waals surface area contributed by atoms with Crippen molar-refractivity contribution >= 4 is 40.6 Å². The average Bonchev–Trinajstić information content (AvgIpc) is 3.28. The van der Waals surface area contributed by atoms with Crippen LogP contribution >= 0.6 is 22.6 Å². The number of fused-ring (bicyclic) bond motifs is 5. The Morgan fingerprint density at radius 3 is 2.46 bits per heavy atom. The number of carbonyl (C=O) groups is 2. The number of halogens is 1. The van der Waals surface area contributed by atoms with Gasteiger partial charge in [0.25, 0.3) is 11.8 Å². The summed E-state index contributed by atoms with van der Waals surface area (Å²) < 4.78 is 11.9. The van der Waals surface area contributed by atoms with Gasteiger partial charge in [-0.3, -0.25) is 9.59 Å². The fraction of sp³-hybridized carbons (Fsp3) is 0.421. The first-order valence-electron chi connectivity index (χ1n) is 8.65. The van der Waals surface area contributed by atoms with E-state index in [2.05, 4.69) is 39.8 Å². The minimum atomic E-state index is -0.232. The number of imide groups is 1. The Morgan fingerprint density at radius 1 is 1.23 bits per heavy atom. The van der Waals surface area contributed by atoms with Gasteiger partial charge in [0.1, 0.15) is 0 Å². The minimum absolute atomic E-state index is 0.179. The van der Waals surface area contributed by atoms with E-state index in [1.165, 1.54) is 6.21 Å². The SMILES string of the molecule is CCOc1cc(/C=N\N2C(=O)[C@@H]3[C@H](C2=O)[C@H]2C=C[C@H]3C2)cc(I)c1OC. The maximum Gasteiger partial charge on any atom is 0.254 e. The molecule has 0 radical (unpaired) electrons. The first-order chi connectivity index (χ1) is 12.5. The number of hydrogen-bond donors (Lipinski definition) is 0. The van der Waals surface area contributed by atoms with E-state index in [1.54, 1.807) is 13.2 Å². The summed E-state index contributed by atoms with van der Waals surface area (Å²) in [5.74, 6) is 0.829. The van der Waals surface area contributed by atoms with Crippen LogP contribution in [0.15, 0.2) is 29.4 Å². The molecule has 2 aliphatic carbocycles. The van der Waals surface area contributed by atoms with E-state index in [9.17, 15) is 9.59 Å². The number of ether oxygens (including phenoxy) is 2. The predicted molar refractivity (Wildman–Crippen MR) is 104 cm³/mol. The number of nitrogens with zero attached hydrogens (tertiary/aromatic N) is 2. The van der Waals surface area contributed by atoms with Crippen LogP contribution < -0.4 is 9.47 Å². The van der Waals surface area contributed by atoms with Crippen molar-refractivity contribution < 1.29 is 19.1 Å². The molecule has 0 unspecified atom stereocenters. The van der Waals surface area contributed by atoms with Gasteiger partial charge >= 0.3 is 0 Å². The third-order valence-corrected chi connectivity index (χ3v) is 6.11. The van der Waals surface area contributed by atoms with Crippen molar-refractivity contribution in [2.45, 2.75) is 13.3 Å². The van der Waals surface area contributed by atoms with Crippen molar-refractivity contribution in [3.63, 3.8) is 0 Å². The molecule has 7 heteroatoms. The van der Waals surface area contributed by atoms with Crippen molar-refractivity contribution in [3.8, 4) is 11.5 Å². The highest BCUT2D eigenvalue weighted by molar-refractivity contribution is 14.1. The van der Waals surface area contributed by atoms with Crippen molar-refractivity contribution in [2.24, 2.45) is 28.8 Å². The second kappa shape index (κ2) is 6.68. The van der Waals surface area contributed by atoms with E-state index in [4.69, 9.17) is 9.47 Å². The molecule has 0 spiro atoms. The number of hydrogen-bond acceptors (Lipinski definition) is 5. The van der Waals surface area contributed by atoms with Crippen molar-refractivity contribution in [1.29, 1.82) is 0 Å². The Bertz CT molecular complexity index is 805. The summed E-state index contributed by atoms with van der Waals surface area (Å²) in [4.78, 5) is 25.3. The molecule has 4 rings (SSSR count). The molecule has 1 aromatic rings. The average molecular weight is 466 g/mol. The van der Waals surface area contributed by atoms with Crippen molar-refractivity contribution in [2.75, 3.05) is 13.7 Å². The smallest absolute Gasteiger partial charge is 0.254 e. The van der Waals surface area contributed by atoms with E-state index < -0.39 is 0 Å². The predicted octanol–water partition coefficient (Wildman–Crippen LogP) is 2.84. The molecular formula is C19H19IN2O4. The van der Waals surface area contributed by atoms with Crippen LogP contribution in [0.4, 0.5) is 0 Å². The second-order valence-electron chi connectivity index (χ2n) is 6.70. The largest absolute Gasteiger partial charge is 0.492 e. The zero-order valence-corrected chi connectivity index (χ0v) is 16.7. The third kappa shape index (κ3) is 2.64. The van der Waals surface area contributed by atoms with Gasteiger partial charge in [-0.1, -0.05) is 12.2 Å². The number of carbonyl (C=O) groups excluding carboxylic acids is 2. The molecule has 6 nitrogen and oxygen atoms in total. The lowest BCUT2D eigenvalue weighted by atomic mass is 9.85. The maximum atomic E-state index is 12.7. The van der Waals surface area contributed by atoms with Crippen molar-refractivity contribution in [3.05, 3.63) is 33.4 Å². The molecule has 2 amide bonds. The lowest BCUT2D eigenvalue weighted by Crippen LogP contribution is -2.28. The quantitative estimate of drug-likeness (QED) is 0.290. The number of rotatable bonds is 5. The van der Waals surface area contributed by atoms with Crippen LogP contribution in [0.1, 0.15) is 18.9 Å². The molecule has 1 aliphatic heterocycles. The summed E-state index contributed by atoms with van der Waals surface area (Å²) in [5.41, 5.74) is 0.748. The fourth-order valence-electron chi connectivity index (χ4n) is 4.25. The molecule has 4 atom stereocenters. The summed E-state index contributed by atoms with van der Waals surface area (Å²) in [6, 6.07) is 3.67. The molecule has 1 aromatic carbocycles. The highest BCUT2D eigenvalue weighted by Crippen LogP contribution is 2.52. The van der Waals surface area contributed by atoms with Crippen LogP contribution in [0.3, 0.4) is 0 Å². The number of hydrazone groups is 1. The van der Waals surface area contributed by atoms with Crippen molar-refractivity contribution in [1.82, 2.24) is 5.01 Å². The summed E-state index contributed by atoms with van der Waals surface area (Å²) >= 11 is 2.16. The van der Waals surface area contributed by atoms with Crippen LogP contribution in [0.2, 0.25) is 0 Å². The monoisotopic (exact) mass is 466 g/mol. The number of amides is 2. The van der Waals surface area contributed by atoms with Gasteiger partial charge in [-0.05, 0) is 65.5 Å². The maximum absolute atomic E-state index is 12.7. The Balaban J connectivity index is 1.59. The number of benzene rings is 1. The Kier molecular flexibility index (Phi) is 4.50. The number of allylic oxidation sites excluding steroid dienone is 2. The van der Waals surface area contributed by atoms with Crippen LogP contribution in [-0.2, 0) is 9.59 Å². The molecule has 2 fully saturated rings. The topological polar surface area (TPSA) is 68.2 Å².